The zero-order valence-electron chi connectivity index (χ0n) is 17.1. The van der Waals surface area contributed by atoms with E-state index >= 15 is 0 Å². The highest BCUT2D eigenvalue weighted by Gasteiger charge is 2.25. The minimum atomic E-state index is -0.245. The molecule has 1 saturated carbocycles. The first-order valence-corrected chi connectivity index (χ1v) is 9.53. The van der Waals surface area contributed by atoms with Gasteiger partial charge in [-0.05, 0) is 32.3 Å². The van der Waals surface area contributed by atoms with Crippen LogP contribution in [0.3, 0.4) is 0 Å². The van der Waals surface area contributed by atoms with E-state index in [1.165, 1.54) is 6.92 Å². The van der Waals surface area contributed by atoms with Crippen LogP contribution in [0.4, 0.5) is 5.95 Å². The fourth-order valence-corrected chi connectivity index (χ4v) is 3.47. The number of aryl methyl sites for hydroxylation is 1. The first-order valence-electron chi connectivity index (χ1n) is 9.53. The molecule has 0 atom stereocenters. The number of pyridine rings is 1. The monoisotopic (exact) mass is 371 g/mol. The molecule has 0 radical (unpaired) electrons. The Bertz CT molecular complexity index is 909. The Hall–Kier alpha value is -2.57. The molecule has 0 N–H and O–H groups in total. The highest BCUT2D eigenvalue weighted by Crippen LogP contribution is 2.31. The molecule has 7 nitrogen and oxygen atoms in total. The lowest BCUT2D eigenvalue weighted by molar-refractivity contribution is 0.101. The van der Waals surface area contributed by atoms with Crippen molar-refractivity contribution in [3.8, 4) is 0 Å². The topological polar surface area (TPSA) is 80.5 Å². The molecule has 2 aromatic heterocycles. The summed E-state index contributed by atoms with van der Waals surface area (Å²) in [7, 11) is 3.73. The summed E-state index contributed by atoms with van der Waals surface area (Å²) in [5, 5.41) is 0.737. The van der Waals surface area contributed by atoms with Crippen LogP contribution in [0.5, 0.6) is 0 Å². The molecule has 0 saturated heterocycles. The van der Waals surface area contributed by atoms with Crippen LogP contribution in [0.25, 0.3) is 11.0 Å². The fourth-order valence-electron chi connectivity index (χ4n) is 3.47. The summed E-state index contributed by atoms with van der Waals surface area (Å²) in [6, 6.07) is 0.0780. The quantitative estimate of drug-likeness (QED) is 0.465. The predicted molar refractivity (Wildman–Crippen MR) is 109 cm³/mol. The van der Waals surface area contributed by atoms with E-state index in [4.69, 9.17) is 0 Å². The van der Waals surface area contributed by atoms with Crippen molar-refractivity contribution in [3.63, 3.8) is 0 Å². The first-order chi connectivity index (χ1) is 12.9. The van der Waals surface area contributed by atoms with Crippen molar-refractivity contribution in [2.24, 2.45) is 4.99 Å². The van der Waals surface area contributed by atoms with E-state index in [0.29, 0.717) is 17.2 Å². The molecule has 0 aromatic carbocycles. The third-order valence-electron chi connectivity index (χ3n) is 4.64. The van der Waals surface area contributed by atoms with Gasteiger partial charge in [0.15, 0.2) is 5.78 Å². The zero-order chi connectivity index (χ0) is 20.1. The second-order valence-electron chi connectivity index (χ2n) is 6.79. The van der Waals surface area contributed by atoms with Crippen molar-refractivity contribution in [1.29, 1.82) is 0 Å². The van der Waals surface area contributed by atoms with Crippen molar-refractivity contribution in [3.05, 3.63) is 27.7 Å². The summed E-state index contributed by atoms with van der Waals surface area (Å²) in [6.45, 7) is 7.22. The zero-order valence-corrected chi connectivity index (χ0v) is 17.1. The Morgan fingerprint density at radius 1 is 1.30 bits per heavy atom. The average molecular weight is 371 g/mol. The highest BCUT2D eigenvalue weighted by molar-refractivity contribution is 5.99. The predicted octanol–water partition coefficient (Wildman–Crippen LogP) is 3.67. The van der Waals surface area contributed by atoms with Crippen molar-refractivity contribution in [2.45, 2.75) is 59.4 Å². The van der Waals surface area contributed by atoms with Crippen molar-refractivity contribution < 1.29 is 4.79 Å². The molecule has 0 spiro atoms. The summed E-state index contributed by atoms with van der Waals surface area (Å²) in [5.41, 5.74) is 1.21. The van der Waals surface area contributed by atoms with Gasteiger partial charge in [0.1, 0.15) is 5.65 Å². The van der Waals surface area contributed by atoms with E-state index in [2.05, 4.69) is 15.0 Å². The Balaban J connectivity index is 0.00000126. The fraction of sp³-hybridized carbons (Fsp3) is 0.550. The smallest absolute Gasteiger partial charge is 0.263 e. The van der Waals surface area contributed by atoms with Gasteiger partial charge in [0.05, 0.1) is 11.9 Å². The van der Waals surface area contributed by atoms with Crippen LogP contribution in [-0.4, -0.2) is 45.7 Å². The summed E-state index contributed by atoms with van der Waals surface area (Å²) < 4.78 is 1.70. The van der Waals surface area contributed by atoms with E-state index in [0.717, 1.165) is 31.1 Å². The average Bonchev–Trinajstić information content (AvgIpc) is 3.15. The summed E-state index contributed by atoms with van der Waals surface area (Å²) in [6.07, 6.45) is 7.30. The van der Waals surface area contributed by atoms with Crippen LogP contribution in [0.2, 0.25) is 0 Å². The molecule has 27 heavy (non-hydrogen) atoms. The van der Waals surface area contributed by atoms with Crippen LogP contribution in [-0.2, 0) is 0 Å². The minimum absolute atomic E-state index is 0.0780. The number of hydrogen-bond acceptors (Lipinski definition) is 5. The maximum atomic E-state index is 13.0. The van der Waals surface area contributed by atoms with Gasteiger partial charge in [0.2, 0.25) is 0 Å². The molecule has 0 unspecified atom stereocenters. The number of ketones is 1. The van der Waals surface area contributed by atoms with Gasteiger partial charge in [0, 0.05) is 31.7 Å². The third-order valence-corrected chi connectivity index (χ3v) is 4.64. The molecule has 1 fully saturated rings. The number of nitrogens with zero attached hydrogens (tertiary/aromatic N) is 5. The third kappa shape index (κ3) is 4.23. The van der Waals surface area contributed by atoms with E-state index in [-0.39, 0.29) is 22.9 Å². The molecule has 0 amide bonds. The Morgan fingerprint density at radius 3 is 2.48 bits per heavy atom. The van der Waals surface area contributed by atoms with Crippen LogP contribution in [0.1, 0.15) is 68.4 Å². The van der Waals surface area contributed by atoms with Gasteiger partial charge in [-0.1, -0.05) is 26.7 Å². The first kappa shape index (κ1) is 20.7. The molecule has 1 aliphatic rings. The van der Waals surface area contributed by atoms with Gasteiger partial charge in [-0.3, -0.25) is 14.2 Å². The van der Waals surface area contributed by atoms with Gasteiger partial charge in [-0.2, -0.15) is 4.98 Å². The second kappa shape index (κ2) is 8.88. The number of carbonyl (C=O) groups is 1. The van der Waals surface area contributed by atoms with Gasteiger partial charge < -0.3 is 4.90 Å². The number of carbonyl (C=O) groups excluding carboxylic acids is 1. The van der Waals surface area contributed by atoms with Gasteiger partial charge >= 0.3 is 0 Å². The van der Waals surface area contributed by atoms with Crippen molar-refractivity contribution in [2.75, 3.05) is 14.1 Å². The molecule has 0 aliphatic heterocycles. The molecule has 0 bridgehead atoms. The highest BCUT2D eigenvalue weighted by atomic mass is 16.1. The molecule has 1 aliphatic carbocycles. The van der Waals surface area contributed by atoms with Gasteiger partial charge in [-0.25, -0.2) is 9.98 Å². The SMILES string of the molecule is CC.CC(=O)c1c(C)c2cnc(/N=C/N(C)C)nc2n(C2CCCC2)c1=O. The summed E-state index contributed by atoms with van der Waals surface area (Å²) in [5.74, 6) is 0.0909. The maximum absolute atomic E-state index is 13.0. The maximum Gasteiger partial charge on any atom is 0.263 e. The van der Waals surface area contributed by atoms with Crippen molar-refractivity contribution in [1.82, 2.24) is 19.4 Å². The summed E-state index contributed by atoms with van der Waals surface area (Å²) >= 11 is 0. The van der Waals surface area contributed by atoms with Crippen molar-refractivity contribution >= 4 is 29.1 Å². The number of hydrogen-bond donors (Lipinski definition) is 0. The molecular formula is C20H29N5O2. The molecule has 7 heteroatoms. The largest absolute Gasteiger partial charge is 0.369 e. The number of Topliss-reactive ketones (excluding diaryl/α,β-unsaturated/α-hetero) is 1. The lowest BCUT2D eigenvalue weighted by Crippen LogP contribution is -2.30. The molecular weight excluding hydrogens is 342 g/mol. The molecule has 146 valence electrons. The number of rotatable bonds is 4. The van der Waals surface area contributed by atoms with E-state index < -0.39 is 0 Å². The number of aliphatic imine (C=N–C) groups is 1. The summed E-state index contributed by atoms with van der Waals surface area (Å²) in [4.78, 5) is 39.9. The number of aromatic nitrogens is 3. The molecule has 2 aromatic rings. The van der Waals surface area contributed by atoms with E-state index in [1.54, 1.807) is 28.9 Å². The van der Waals surface area contributed by atoms with Gasteiger partial charge in [-0.15, -0.1) is 0 Å². The van der Waals surface area contributed by atoms with E-state index in [9.17, 15) is 9.59 Å². The second-order valence-corrected chi connectivity index (χ2v) is 6.79. The van der Waals surface area contributed by atoms with Crippen LogP contribution >= 0.6 is 0 Å². The minimum Gasteiger partial charge on any atom is -0.369 e. The van der Waals surface area contributed by atoms with Gasteiger partial charge in [0.25, 0.3) is 11.5 Å². The molecule has 3 rings (SSSR count). The van der Waals surface area contributed by atoms with Crippen LogP contribution in [0, 0.1) is 6.92 Å². The normalized spacial score (nSPS) is 14.4. The number of fused-ring (bicyclic) bond motifs is 1. The lowest BCUT2D eigenvalue weighted by Gasteiger charge is -2.19. The van der Waals surface area contributed by atoms with E-state index in [1.807, 2.05) is 27.9 Å². The lowest BCUT2D eigenvalue weighted by atomic mass is 10.0. The molecule has 2 heterocycles. The van der Waals surface area contributed by atoms with Crippen LogP contribution < -0.4 is 5.56 Å². The van der Waals surface area contributed by atoms with Crippen LogP contribution in [0.15, 0.2) is 16.0 Å². The Labute approximate surface area is 160 Å². The Morgan fingerprint density at radius 2 is 1.93 bits per heavy atom. The standard InChI is InChI=1S/C18H23N5O2.C2H6/c1-11-14-9-19-18(20-10-22(3)4)21-16(14)23(13-7-5-6-8-13)17(25)15(11)12(2)24;1-2/h9-10,13H,5-8H2,1-4H3;1-2H3/b20-10+;. The Kier molecular flexibility index (Phi) is 6.82.